The number of halogens is 4. The van der Waals surface area contributed by atoms with Gasteiger partial charge in [0.2, 0.25) is 0 Å². The topological polar surface area (TPSA) is 48.8 Å². The monoisotopic (exact) mass is 908 g/mol. The zero-order valence-electron chi connectivity index (χ0n) is 26.7. The lowest BCUT2D eigenvalue weighted by Crippen LogP contribution is -2.21. The quantitative estimate of drug-likeness (QED) is 0.185. The van der Waals surface area contributed by atoms with Crippen LogP contribution in [0, 0.1) is 0 Å². The third-order valence-corrected chi connectivity index (χ3v) is 10.9. The highest BCUT2D eigenvalue weighted by atomic mass is 79.9. The second kappa shape index (κ2) is 16.0. The van der Waals surface area contributed by atoms with Crippen LogP contribution in [0.25, 0.3) is 0 Å². The molecule has 248 valence electrons. The van der Waals surface area contributed by atoms with Crippen molar-refractivity contribution in [3.05, 3.63) is 197 Å². The molecule has 0 radical (unpaired) electrons. The third-order valence-electron chi connectivity index (χ3n) is 8.80. The number of aliphatic imine (C=N–C) groups is 2. The predicted molar refractivity (Wildman–Crippen MR) is 223 cm³/mol. The summed E-state index contributed by atoms with van der Waals surface area (Å²) in [4.78, 5) is 10.8. The van der Waals surface area contributed by atoms with Crippen molar-refractivity contribution < 1.29 is 0 Å². The lowest BCUT2D eigenvalue weighted by molar-refractivity contribution is 0.611. The fourth-order valence-electron chi connectivity index (χ4n) is 6.22. The van der Waals surface area contributed by atoms with Crippen LogP contribution in [0.5, 0.6) is 0 Å². The van der Waals surface area contributed by atoms with E-state index in [0.29, 0.717) is 0 Å². The first kappa shape index (κ1) is 34.6. The first-order valence-corrected chi connectivity index (χ1v) is 19.4. The molecule has 2 N–H and O–H groups in total. The molecule has 0 unspecified atom stereocenters. The zero-order valence-corrected chi connectivity index (χ0v) is 33.1. The van der Waals surface area contributed by atoms with Gasteiger partial charge < -0.3 is 10.6 Å². The Labute approximate surface area is 326 Å². The molecule has 0 amide bonds. The van der Waals surface area contributed by atoms with Crippen LogP contribution in [0.1, 0.15) is 57.5 Å². The van der Waals surface area contributed by atoms with E-state index in [9.17, 15) is 0 Å². The summed E-state index contributed by atoms with van der Waals surface area (Å²) in [6, 6.07) is 49.7. The van der Waals surface area contributed by atoms with Crippen LogP contribution < -0.4 is 10.6 Å². The Hall–Kier alpha value is -3.82. The van der Waals surface area contributed by atoms with Gasteiger partial charge in [-0.15, -0.1) is 0 Å². The molecule has 1 heterocycles. The predicted octanol–water partition coefficient (Wildman–Crippen LogP) is 13.1. The number of nitrogens with zero attached hydrogens (tertiary/aromatic N) is 2. The summed E-state index contributed by atoms with van der Waals surface area (Å²) in [5.74, 6) is 0. The summed E-state index contributed by atoms with van der Waals surface area (Å²) < 4.78 is 4.10. The van der Waals surface area contributed by atoms with Crippen LogP contribution in [0.4, 0.5) is 11.4 Å². The van der Waals surface area contributed by atoms with Gasteiger partial charge in [-0.3, -0.25) is 9.98 Å². The van der Waals surface area contributed by atoms with E-state index >= 15 is 0 Å². The first-order chi connectivity index (χ1) is 24.4. The summed E-state index contributed by atoms with van der Waals surface area (Å²) in [6.07, 6.45) is 4.02. The van der Waals surface area contributed by atoms with E-state index in [1.54, 1.807) is 0 Å². The summed E-state index contributed by atoms with van der Waals surface area (Å²) in [5.41, 5.74) is 8.35. The molecule has 0 bridgehead atoms. The molecule has 4 atom stereocenters. The fourth-order valence-corrected chi connectivity index (χ4v) is 7.27. The summed E-state index contributed by atoms with van der Waals surface area (Å²) in [6.45, 7) is 0. The maximum absolute atomic E-state index is 5.40. The Morgan fingerprint density at radius 2 is 0.660 bits per heavy atom. The molecule has 7 rings (SSSR count). The van der Waals surface area contributed by atoms with Crippen LogP contribution >= 0.6 is 63.7 Å². The Morgan fingerprint density at radius 1 is 0.360 bits per heavy atom. The van der Waals surface area contributed by atoms with E-state index in [1.807, 2.05) is 12.4 Å². The standard InChI is InChI=1S/C42H32Br4N4/c43-33-17-9-27(10-18-33)39-42(30-15-23-36(46)24-16-30)50-38-8-4-2-6-32(38)26-48-40(28-11-19-34(44)20-12-28)41(29-13-21-35(45)22-14-29)49-37-7-3-1-5-31(37)25-47-39/h1-26,39-42,49-50H/t39-,40-,41-,42-/m1/s1. The van der Waals surface area contributed by atoms with Crippen molar-refractivity contribution in [2.24, 2.45) is 9.98 Å². The van der Waals surface area contributed by atoms with Crippen LogP contribution in [0.15, 0.2) is 173 Å². The van der Waals surface area contributed by atoms with Crippen LogP contribution in [0.3, 0.4) is 0 Å². The summed E-state index contributed by atoms with van der Waals surface area (Å²) in [7, 11) is 0. The second-order valence-electron chi connectivity index (χ2n) is 12.1. The average molecular weight is 912 g/mol. The number of hydrogen-bond donors (Lipinski definition) is 2. The molecule has 0 aliphatic carbocycles. The lowest BCUT2D eigenvalue weighted by Gasteiger charge is -2.30. The maximum Gasteiger partial charge on any atom is 0.0992 e. The Morgan fingerprint density at radius 3 is 1.00 bits per heavy atom. The zero-order chi connectivity index (χ0) is 34.5. The molecule has 6 aromatic carbocycles. The van der Waals surface area contributed by atoms with Crippen molar-refractivity contribution in [1.82, 2.24) is 0 Å². The van der Waals surface area contributed by atoms with E-state index < -0.39 is 0 Å². The molecule has 1 aliphatic rings. The highest BCUT2D eigenvalue weighted by Gasteiger charge is 2.28. The second-order valence-corrected chi connectivity index (χ2v) is 15.7. The Kier molecular flexibility index (Phi) is 11.1. The van der Waals surface area contributed by atoms with Crippen LogP contribution in [0.2, 0.25) is 0 Å². The number of rotatable bonds is 4. The highest BCUT2D eigenvalue weighted by Crippen LogP contribution is 2.40. The van der Waals surface area contributed by atoms with E-state index in [0.717, 1.165) is 62.6 Å². The number of hydrogen-bond acceptors (Lipinski definition) is 4. The minimum atomic E-state index is -0.261. The van der Waals surface area contributed by atoms with Gasteiger partial charge in [-0.05, 0) is 82.9 Å². The molecular weight excluding hydrogens is 880 g/mol. The molecular formula is C42H32Br4N4. The van der Waals surface area contributed by atoms with Crippen molar-refractivity contribution in [2.75, 3.05) is 10.6 Å². The van der Waals surface area contributed by atoms with E-state index in [1.165, 1.54) is 0 Å². The molecule has 4 nitrogen and oxygen atoms in total. The van der Waals surface area contributed by atoms with E-state index in [4.69, 9.17) is 9.98 Å². The molecule has 1 aliphatic heterocycles. The largest absolute Gasteiger partial charge is 0.375 e. The summed E-state index contributed by atoms with van der Waals surface area (Å²) >= 11 is 14.5. The van der Waals surface area contributed by atoms with Gasteiger partial charge in [0.1, 0.15) is 0 Å². The number of para-hydroxylation sites is 2. The van der Waals surface area contributed by atoms with Crippen molar-refractivity contribution in [1.29, 1.82) is 0 Å². The number of anilines is 2. The molecule has 6 aromatic rings. The molecule has 0 saturated heterocycles. The van der Waals surface area contributed by atoms with Gasteiger partial charge in [-0.1, -0.05) is 149 Å². The fraction of sp³-hybridized carbons (Fsp3) is 0.0952. The van der Waals surface area contributed by atoms with Crippen molar-refractivity contribution in [3.63, 3.8) is 0 Å². The SMILES string of the molecule is Brc1ccc([C@H]2N=Cc3ccccc3N[C@H](c3ccc(Br)cc3)[C@@H](c3ccc(Br)cc3)N=Cc3ccccc3N[C@@H]2c2ccc(Br)cc2)cc1. The van der Waals surface area contributed by atoms with Gasteiger partial charge in [0.25, 0.3) is 0 Å². The third kappa shape index (κ3) is 8.21. The number of nitrogens with one attached hydrogen (secondary N) is 2. The average Bonchev–Trinajstić information content (AvgIpc) is 3.13. The molecule has 8 heteroatoms. The maximum atomic E-state index is 5.40. The van der Waals surface area contributed by atoms with Crippen molar-refractivity contribution >= 4 is 87.5 Å². The van der Waals surface area contributed by atoms with Gasteiger partial charge in [-0.2, -0.15) is 0 Å². The minimum Gasteiger partial charge on any atom is -0.375 e. The summed E-state index contributed by atoms with van der Waals surface area (Å²) in [5, 5.41) is 7.85. The molecule has 50 heavy (non-hydrogen) atoms. The van der Waals surface area contributed by atoms with Gasteiger partial charge in [0.05, 0.1) is 24.2 Å². The van der Waals surface area contributed by atoms with E-state index in [2.05, 4.69) is 220 Å². The molecule has 0 saturated carbocycles. The highest BCUT2D eigenvalue weighted by molar-refractivity contribution is 9.11. The lowest BCUT2D eigenvalue weighted by atomic mass is 9.92. The van der Waals surface area contributed by atoms with Gasteiger partial charge >= 0.3 is 0 Å². The van der Waals surface area contributed by atoms with Gasteiger partial charge in [0, 0.05) is 52.8 Å². The van der Waals surface area contributed by atoms with E-state index in [-0.39, 0.29) is 24.2 Å². The van der Waals surface area contributed by atoms with Crippen molar-refractivity contribution in [3.8, 4) is 0 Å². The van der Waals surface area contributed by atoms with Crippen LogP contribution in [-0.2, 0) is 0 Å². The Balaban J connectivity index is 1.45. The number of benzene rings is 6. The van der Waals surface area contributed by atoms with Crippen LogP contribution in [-0.4, -0.2) is 12.4 Å². The smallest absolute Gasteiger partial charge is 0.0992 e. The Bertz CT molecular complexity index is 1960. The van der Waals surface area contributed by atoms with Crippen molar-refractivity contribution in [2.45, 2.75) is 24.2 Å². The normalized spacial score (nSPS) is 19.0. The minimum absolute atomic E-state index is 0.198. The van der Waals surface area contributed by atoms with Gasteiger partial charge in [-0.25, -0.2) is 0 Å². The molecule has 0 fully saturated rings. The number of fused-ring (bicyclic) bond motifs is 2. The molecule has 0 spiro atoms. The molecule has 0 aromatic heterocycles. The first-order valence-electron chi connectivity index (χ1n) is 16.2. The van der Waals surface area contributed by atoms with Gasteiger partial charge in [0.15, 0.2) is 0 Å².